The van der Waals surface area contributed by atoms with Crippen LogP contribution in [0.1, 0.15) is 39.5 Å². The number of rotatable bonds is 7. The largest absolute Gasteiger partial charge is 0.480 e. The number of hydrogen-bond donors (Lipinski definition) is 2. The molecule has 1 saturated heterocycles. The van der Waals surface area contributed by atoms with Gasteiger partial charge in [-0.2, -0.15) is 0 Å². The van der Waals surface area contributed by atoms with Crippen LogP contribution < -0.4 is 5.32 Å². The van der Waals surface area contributed by atoms with E-state index in [1.807, 2.05) is 0 Å². The van der Waals surface area contributed by atoms with Crippen molar-refractivity contribution in [2.45, 2.75) is 45.1 Å². The Labute approximate surface area is 106 Å². The lowest BCUT2D eigenvalue weighted by Crippen LogP contribution is -2.53. The molecule has 0 bridgehead atoms. The second-order valence-electron chi connectivity index (χ2n) is 4.46. The first kappa shape index (κ1) is 14.6. The summed E-state index contributed by atoms with van der Waals surface area (Å²) < 4.78 is 0. The Hall–Kier alpha value is -1.43. The molecule has 2 N–H and O–H groups in total. The maximum Gasteiger partial charge on any atom is 0.323 e. The van der Waals surface area contributed by atoms with Crippen molar-refractivity contribution in [3.8, 4) is 0 Å². The van der Waals surface area contributed by atoms with Crippen LogP contribution in [0.4, 0.5) is 0 Å². The summed E-state index contributed by atoms with van der Waals surface area (Å²) in [4.78, 5) is 35.2. The molecule has 6 nitrogen and oxygen atoms in total. The van der Waals surface area contributed by atoms with Gasteiger partial charge in [0, 0.05) is 25.9 Å². The van der Waals surface area contributed by atoms with E-state index in [1.165, 1.54) is 4.90 Å². The number of imide groups is 1. The predicted molar refractivity (Wildman–Crippen MR) is 64.9 cm³/mol. The molecular weight excluding hydrogens is 236 g/mol. The van der Waals surface area contributed by atoms with Crippen LogP contribution in [-0.2, 0) is 14.4 Å². The van der Waals surface area contributed by atoms with E-state index in [0.29, 0.717) is 19.4 Å². The van der Waals surface area contributed by atoms with E-state index in [-0.39, 0.29) is 31.2 Å². The molecule has 0 atom stereocenters. The minimum atomic E-state index is -0.966. The molecule has 1 heterocycles. The maximum atomic E-state index is 11.4. The summed E-state index contributed by atoms with van der Waals surface area (Å²) in [5, 5.41) is 12.2. The van der Waals surface area contributed by atoms with Crippen LogP contribution in [0.2, 0.25) is 0 Å². The SMILES string of the molecule is CCC(CC)(NCCN1C(=O)CCC1=O)C(=O)O. The first-order chi connectivity index (χ1) is 8.46. The van der Waals surface area contributed by atoms with Gasteiger partial charge < -0.3 is 10.4 Å². The van der Waals surface area contributed by atoms with Gasteiger partial charge >= 0.3 is 5.97 Å². The van der Waals surface area contributed by atoms with Gasteiger partial charge in [0.25, 0.3) is 0 Å². The fourth-order valence-electron chi connectivity index (χ4n) is 2.16. The molecule has 1 rings (SSSR count). The molecule has 2 amide bonds. The molecule has 0 aliphatic carbocycles. The van der Waals surface area contributed by atoms with Crippen LogP contribution in [0, 0.1) is 0 Å². The van der Waals surface area contributed by atoms with Gasteiger partial charge in [0.05, 0.1) is 0 Å². The van der Waals surface area contributed by atoms with Crippen molar-refractivity contribution >= 4 is 17.8 Å². The third kappa shape index (κ3) is 2.87. The summed E-state index contributed by atoms with van der Waals surface area (Å²) in [5.41, 5.74) is -0.966. The predicted octanol–water partition coefficient (Wildman–Crippen LogP) is 0.368. The van der Waals surface area contributed by atoms with Crippen molar-refractivity contribution in [2.75, 3.05) is 13.1 Å². The number of hydrogen-bond acceptors (Lipinski definition) is 4. The Balaban J connectivity index is 2.51. The molecule has 0 aromatic heterocycles. The molecule has 0 saturated carbocycles. The number of likely N-dealkylation sites (tertiary alicyclic amines) is 1. The molecule has 0 aromatic rings. The van der Waals surface area contributed by atoms with E-state index in [1.54, 1.807) is 13.8 Å². The van der Waals surface area contributed by atoms with Crippen LogP contribution in [0.5, 0.6) is 0 Å². The minimum Gasteiger partial charge on any atom is -0.480 e. The first-order valence-electron chi connectivity index (χ1n) is 6.28. The third-order valence-electron chi connectivity index (χ3n) is 3.57. The van der Waals surface area contributed by atoms with E-state index in [2.05, 4.69) is 5.32 Å². The molecule has 0 aromatic carbocycles. The quantitative estimate of drug-likeness (QED) is 0.643. The zero-order valence-electron chi connectivity index (χ0n) is 10.9. The summed E-state index contributed by atoms with van der Waals surface area (Å²) in [6.07, 6.45) is 1.45. The van der Waals surface area contributed by atoms with Gasteiger partial charge in [-0.1, -0.05) is 13.8 Å². The topological polar surface area (TPSA) is 86.7 Å². The highest BCUT2D eigenvalue weighted by Crippen LogP contribution is 2.16. The van der Waals surface area contributed by atoms with Crippen molar-refractivity contribution in [2.24, 2.45) is 0 Å². The van der Waals surface area contributed by atoms with E-state index in [4.69, 9.17) is 0 Å². The average molecular weight is 256 g/mol. The van der Waals surface area contributed by atoms with Gasteiger partial charge in [-0.05, 0) is 12.8 Å². The zero-order valence-corrected chi connectivity index (χ0v) is 10.9. The molecule has 1 aliphatic heterocycles. The van der Waals surface area contributed by atoms with Crippen LogP contribution in [0.3, 0.4) is 0 Å². The van der Waals surface area contributed by atoms with Gasteiger partial charge in [0.1, 0.15) is 5.54 Å². The lowest BCUT2D eigenvalue weighted by atomic mass is 9.93. The van der Waals surface area contributed by atoms with Crippen molar-refractivity contribution < 1.29 is 19.5 Å². The molecule has 18 heavy (non-hydrogen) atoms. The fraction of sp³-hybridized carbons (Fsp3) is 0.750. The fourth-order valence-corrected chi connectivity index (χ4v) is 2.16. The van der Waals surface area contributed by atoms with Crippen LogP contribution in [0.15, 0.2) is 0 Å². The second-order valence-corrected chi connectivity index (χ2v) is 4.46. The summed E-state index contributed by atoms with van der Waals surface area (Å²) in [6.45, 7) is 4.16. The number of carbonyl (C=O) groups excluding carboxylic acids is 2. The van der Waals surface area contributed by atoms with E-state index < -0.39 is 11.5 Å². The summed E-state index contributed by atoms with van der Waals surface area (Å²) in [6, 6.07) is 0. The van der Waals surface area contributed by atoms with E-state index >= 15 is 0 Å². The number of aliphatic carboxylic acids is 1. The zero-order chi connectivity index (χ0) is 13.8. The molecule has 102 valence electrons. The Morgan fingerprint density at radius 2 is 1.78 bits per heavy atom. The molecular formula is C12H20N2O4. The molecule has 0 radical (unpaired) electrons. The summed E-state index contributed by atoms with van der Waals surface area (Å²) in [5.74, 6) is -1.24. The number of amides is 2. The lowest BCUT2D eigenvalue weighted by Gasteiger charge is -2.29. The molecule has 0 spiro atoms. The number of nitrogens with zero attached hydrogens (tertiary/aromatic N) is 1. The van der Waals surface area contributed by atoms with Crippen molar-refractivity contribution in [3.63, 3.8) is 0 Å². The molecule has 1 aliphatic rings. The van der Waals surface area contributed by atoms with Crippen LogP contribution in [0.25, 0.3) is 0 Å². The van der Waals surface area contributed by atoms with Gasteiger partial charge in [-0.15, -0.1) is 0 Å². The van der Waals surface area contributed by atoms with Gasteiger partial charge in [-0.25, -0.2) is 0 Å². The first-order valence-corrected chi connectivity index (χ1v) is 6.28. The summed E-state index contributed by atoms with van der Waals surface area (Å²) >= 11 is 0. The molecule has 6 heteroatoms. The Bertz CT molecular complexity index is 334. The highest BCUT2D eigenvalue weighted by molar-refractivity contribution is 6.01. The molecule has 0 unspecified atom stereocenters. The normalized spacial score (nSPS) is 16.4. The number of carboxylic acids is 1. The third-order valence-corrected chi connectivity index (χ3v) is 3.57. The standard InChI is InChI=1S/C12H20N2O4/c1-3-12(4-2,11(17)18)13-7-8-14-9(15)5-6-10(14)16/h13H,3-8H2,1-2H3,(H,17,18). The molecule has 1 fully saturated rings. The Morgan fingerprint density at radius 3 is 2.17 bits per heavy atom. The van der Waals surface area contributed by atoms with Crippen molar-refractivity contribution in [1.29, 1.82) is 0 Å². The van der Waals surface area contributed by atoms with Crippen molar-refractivity contribution in [3.05, 3.63) is 0 Å². The smallest absolute Gasteiger partial charge is 0.323 e. The monoisotopic (exact) mass is 256 g/mol. The number of nitrogens with one attached hydrogen (secondary N) is 1. The lowest BCUT2D eigenvalue weighted by molar-refractivity contribution is -0.145. The summed E-state index contributed by atoms with van der Waals surface area (Å²) in [7, 11) is 0. The van der Waals surface area contributed by atoms with Crippen LogP contribution >= 0.6 is 0 Å². The van der Waals surface area contributed by atoms with Crippen LogP contribution in [-0.4, -0.2) is 46.4 Å². The minimum absolute atomic E-state index is 0.171. The number of carbonyl (C=O) groups is 3. The maximum absolute atomic E-state index is 11.4. The number of carboxylic acid groups (broad SMARTS) is 1. The highest BCUT2D eigenvalue weighted by Gasteiger charge is 2.35. The Kier molecular flexibility index (Phi) is 4.84. The van der Waals surface area contributed by atoms with Gasteiger partial charge in [-0.3, -0.25) is 19.3 Å². The van der Waals surface area contributed by atoms with Gasteiger partial charge in [0.2, 0.25) is 11.8 Å². The highest BCUT2D eigenvalue weighted by atomic mass is 16.4. The second kappa shape index (κ2) is 5.95. The average Bonchev–Trinajstić information content (AvgIpc) is 2.66. The van der Waals surface area contributed by atoms with Gasteiger partial charge in [0.15, 0.2) is 0 Å². The van der Waals surface area contributed by atoms with E-state index in [0.717, 1.165) is 0 Å². The Morgan fingerprint density at radius 1 is 1.28 bits per heavy atom. The van der Waals surface area contributed by atoms with Crippen molar-refractivity contribution in [1.82, 2.24) is 10.2 Å². The van der Waals surface area contributed by atoms with E-state index in [9.17, 15) is 19.5 Å².